The fourth-order valence-electron chi connectivity index (χ4n) is 1.47. The Balaban J connectivity index is 4.27. The van der Waals surface area contributed by atoms with E-state index in [-0.39, 0.29) is 17.9 Å². The van der Waals surface area contributed by atoms with E-state index < -0.39 is 0 Å². The van der Waals surface area contributed by atoms with Crippen molar-refractivity contribution in [1.29, 1.82) is 0 Å². The molecule has 4 heteroatoms. The van der Waals surface area contributed by atoms with E-state index in [4.69, 9.17) is 10.5 Å². The number of ether oxygens (including phenoxy) is 1. The molecule has 0 spiro atoms. The first-order valence-electron chi connectivity index (χ1n) is 5.54. The third-order valence-corrected chi connectivity index (χ3v) is 2.46. The van der Waals surface area contributed by atoms with Crippen LogP contribution in [-0.4, -0.2) is 43.7 Å². The van der Waals surface area contributed by atoms with Crippen molar-refractivity contribution in [3.63, 3.8) is 0 Å². The second-order valence-electron chi connectivity index (χ2n) is 4.10. The van der Waals surface area contributed by atoms with Gasteiger partial charge in [0.2, 0.25) is 5.91 Å². The Kier molecular flexibility index (Phi) is 7.34. The smallest absolute Gasteiger partial charge is 0.225 e. The molecule has 4 nitrogen and oxygen atoms in total. The number of hydrogen-bond acceptors (Lipinski definition) is 3. The summed E-state index contributed by atoms with van der Waals surface area (Å²) in [5.74, 6) is 0.182. The minimum atomic E-state index is 0.00857. The fraction of sp³-hybridized carbons (Fsp3) is 0.909. The number of hydrogen-bond donors (Lipinski definition) is 1. The molecule has 0 saturated heterocycles. The van der Waals surface area contributed by atoms with Gasteiger partial charge in [0.1, 0.15) is 0 Å². The highest BCUT2D eigenvalue weighted by Gasteiger charge is 2.21. The van der Waals surface area contributed by atoms with Gasteiger partial charge in [-0.2, -0.15) is 0 Å². The SMILES string of the molecule is COCCN(C(=O)C(C)CCN)C(C)C. The fourth-order valence-corrected chi connectivity index (χ4v) is 1.47. The van der Waals surface area contributed by atoms with Gasteiger partial charge in [0.25, 0.3) is 0 Å². The summed E-state index contributed by atoms with van der Waals surface area (Å²) in [5, 5.41) is 0. The summed E-state index contributed by atoms with van der Waals surface area (Å²) in [5.41, 5.74) is 5.45. The Hall–Kier alpha value is -0.610. The van der Waals surface area contributed by atoms with Crippen molar-refractivity contribution in [3.05, 3.63) is 0 Å². The van der Waals surface area contributed by atoms with Gasteiger partial charge in [-0.1, -0.05) is 6.92 Å². The van der Waals surface area contributed by atoms with Crippen LogP contribution in [0.2, 0.25) is 0 Å². The Morgan fingerprint density at radius 1 is 1.40 bits per heavy atom. The molecule has 15 heavy (non-hydrogen) atoms. The number of carbonyl (C=O) groups excluding carboxylic acids is 1. The van der Waals surface area contributed by atoms with E-state index in [9.17, 15) is 4.79 Å². The molecule has 0 aliphatic carbocycles. The van der Waals surface area contributed by atoms with Crippen molar-refractivity contribution in [2.24, 2.45) is 11.7 Å². The van der Waals surface area contributed by atoms with Crippen molar-refractivity contribution < 1.29 is 9.53 Å². The second-order valence-corrected chi connectivity index (χ2v) is 4.10. The lowest BCUT2D eigenvalue weighted by Crippen LogP contribution is -2.42. The third kappa shape index (κ3) is 5.14. The van der Waals surface area contributed by atoms with Crippen LogP contribution in [0, 0.1) is 5.92 Å². The van der Waals surface area contributed by atoms with E-state index in [0.29, 0.717) is 19.7 Å². The number of nitrogens with zero attached hydrogens (tertiary/aromatic N) is 1. The summed E-state index contributed by atoms with van der Waals surface area (Å²) >= 11 is 0. The minimum Gasteiger partial charge on any atom is -0.383 e. The molecule has 0 saturated carbocycles. The van der Waals surface area contributed by atoms with E-state index in [2.05, 4.69) is 0 Å². The number of amides is 1. The monoisotopic (exact) mass is 216 g/mol. The molecule has 0 aromatic heterocycles. The molecule has 2 N–H and O–H groups in total. The van der Waals surface area contributed by atoms with Crippen LogP contribution in [0.3, 0.4) is 0 Å². The van der Waals surface area contributed by atoms with Crippen LogP contribution >= 0.6 is 0 Å². The van der Waals surface area contributed by atoms with Gasteiger partial charge in [0.15, 0.2) is 0 Å². The first-order valence-corrected chi connectivity index (χ1v) is 5.54. The maximum Gasteiger partial charge on any atom is 0.225 e. The highest BCUT2D eigenvalue weighted by molar-refractivity contribution is 5.78. The first kappa shape index (κ1) is 14.4. The number of nitrogens with two attached hydrogens (primary N) is 1. The van der Waals surface area contributed by atoms with Gasteiger partial charge in [0.05, 0.1) is 6.61 Å². The molecule has 1 amide bonds. The summed E-state index contributed by atoms with van der Waals surface area (Å²) in [4.78, 5) is 13.8. The van der Waals surface area contributed by atoms with Gasteiger partial charge in [-0.05, 0) is 26.8 Å². The van der Waals surface area contributed by atoms with Crippen LogP contribution < -0.4 is 5.73 Å². The molecule has 0 aliphatic heterocycles. The molecule has 0 aliphatic rings. The lowest BCUT2D eigenvalue weighted by molar-refractivity contribution is -0.137. The predicted molar refractivity (Wildman–Crippen MR) is 61.6 cm³/mol. The van der Waals surface area contributed by atoms with Gasteiger partial charge >= 0.3 is 0 Å². The highest BCUT2D eigenvalue weighted by Crippen LogP contribution is 2.09. The molecule has 0 bridgehead atoms. The topological polar surface area (TPSA) is 55.6 Å². The lowest BCUT2D eigenvalue weighted by atomic mass is 10.1. The van der Waals surface area contributed by atoms with Gasteiger partial charge in [0, 0.05) is 25.6 Å². The maximum absolute atomic E-state index is 12.0. The molecule has 1 atom stereocenters. The van der Waals surface area contributed by atoms with E-state index >= 15 is 0 Å². The summed E-state index contributed by atoms with van der Waals surface area (Å²) < 4.78 is 4.99. The number of methoxy groups -OCH3 is 1. The predicted octanol–water partition coefficient (Wildman–Crippen LogP) is 0.855. The van der Waals surface area contributed by atoms with Gasteiger partial charge in [-0.3, -0.25) is 4.79 Å². The zero-order valence-corrected chi connectivity index (χ0v) is 10.3. The van der Waals surface area contributed by atoms with Gasteiger partial charge < -0.3 is 15.4 Å². The normalized spacial score (nSPS) is 12.9. The highest BCUT2D eigenvalue weighted by atomic mass is 16.5. The Morgan fingerprint density at radius 3 is 2.40 bits per heavy atom. The molecule has 0 rings (SSSR count). The van der Waals surface area contributed by atoms with Crippen molar-refractivity contribution in [2.45, 2.75) is 33.2 Å². The minimum absolute atomic E-state index is 0.00857. The van der Waals surface area contributed by atoms with Gasteiger partial charge in [-0.15, -0.1) is 0 Å². The Bertz CT molecular complexity index is 183. The molecule has 0 heterocycles. The van der Waals surface area contributed by atoms with Crippen LogP contribution in [0.1, 0.15) is 27.2 Å². The molecular weight excluding hydrogens is 192 g/mol. The van der Waals surface area contributed by atoms with Crippen LogP contribution in [0.5, 0.6) is 0 Å². The molecule has 90 valence electrons. The zero-order valence-electron chi connectivity index (χ0n) is 10.3. The summed E-state index contributed by atoms with van der Waals surface area (Å²) in [6, 6.07) is 0.216. The molecular formula is C11H24N2O2. The summed E-state index contributed by atoms with van der Waals surface area (Å²) in [7, 11) is 1.65. The lowest BCUT2D eigenvalue weighted by Gasteiger charge is -2.29. The summed E-state index contributed by atoms with van der Waals surface area (Å²) in [6.07, 6.45) is 0.745. The average molecular weight is 216 g/mol. The first-order chi connectivity index (χ1) is 7.04. The maximum atomic E-state index is 12.0. The number of carbonyl (C=O) groups is 1. The molecule has 1 unspecified atom stereocenters. The Morgan fingerprint density at radius 2 is 2.00 bits per heavy atom. The van der Waals surface area contributed by atoms with Crippen molar-refractivity contribution in [1.82, 2.24) is 4.90 Å². The quantitative estimate of drug-likeness (QED) is 0.686. The summed E-state index contributed by atoms with van der Waals surface area (Å²) in [6.45, 7) is 7.76. The van der Waals surface area contributed by atoms with Crippen LogP contribution in [0.25, 0.3) is 0 Å². The van der Waals surface area contributed by atoms with Gasteiger partial charge in [-0.25, -0.2) is 0 Å². The van der Waals surface area contributed by atoms with Crippen molar-refractivity contribution in [3.8, 4) is 0 Å². The molecule has 0 aromatic carbocycles. The zero-order chi connectivity index (χ0) is 11.8. The third-order valence-electron chi connectivity index (χ3n) is 2.46. The number of rotatable bonds is 7. The molecule has 0 aromatic rings. The molecule has 0 radical (unpaired) electrons. The van der Waals surface area contributed by atoms with Crippen LogP contribution in [-0.2, 0) is 9.53 Å². The van der Waals surface area contributed by atoms with Crippen molar-refractivity contribution in [2.75, 3.05) is 26.8 Å². The molecule has 0 fully saturated rings. The van der Waals surface area contributed by atoms with Crippen LogP contribution in [0.15, 0.2) is 0 Å². The second kappa shape index (κ2) is 7.65. The standard InChI is InChI=1S/C11H24N2O2/c1-9(2)13(7-8-15-4)11(14)10(3)5-6-12/h9-10H,5-8,12H2,1-4H3. The van der Waals surface area contributed by atoms with Crippen LogP contribution in [0.4, 0.5) is 0 Å². The van der Waals surface area contributed by atoms with E-state index in [1.165, 1.54) is 0 Å². The van der Waals surface area contributed by atoms with E-state index in [1.807, 2.05) is 25.7 Å². The largest absolute Gasteiger partial charge is 0.383 e. The van der Waals surface area contributed by atoms with E-state index in [1.54, 1.807) is 7.11 Å². The Labute approximate surface area is 92.8 Å². The van der Waals surface area contributed by atoms with E-state index in [0.717, 1.165) is 6.42 Å². The van der Waals surface area contributed by atoms with Crippen molar-refractivity contribution >= 4 is 5.91 Å². The average Bonchev–Trinajstić information content (AvgIpc) is 2.18.